The second-order valence-electron chi connectivity index (χ2n) is 7.18. The van der Waals surface area contributed by atoms with Crippen molar-refractivity contribution in [3.63, 3.8) is 0 Å². The van der Waals surface area contributed by atoms with E-state index < -0.39 is 5.54 Å². The van der Waals surface area contributed by atoms with Gasteiger partial charge in [-0.2, -0.15) is 0 Å². The number of nitrogens with zero attached hydrogens (tertiary/aromatic N) is 1. The number of hydrogen-bond donors (Lipinski definition) is 1. The van der Waals surface area contributed by atoms with Crippen LogP contribution in [0.1, 0.15) is 26.3 Å². The molecule has 1 aliphatic heterocycles. The van der Waals surface area contributed by atoms with Crippen LogP contribution in [0.2, 0.25) is 0 Å². The molecule has 0 spiro atoms. The molecule has 0 saturated carbocycles. The highest BCUT2D eigenvalue weighted by Gasteiger charge is 2.40. The van der Waals surface area contributed by atoms with Crippen LogP contribution in [-0.4, -0.2) is 80.3 Å². The Labute approximate surface area is 181 Å². The number of ether oxygens (including phenoxy) is 5. The number of esters is 1. The van der Waals surface area contributed by atoms with Crippen LogP contribution in [-0.2, 0) is 23.7 Å². The van der Waals surface area contributed by atoms with Crippen molar-refractivity contribution in [2.75, 3.05) is 52.5 Å². The molecule has 1 heterocycles. The van der Waals surface area contributed by atoms with E-state index in [9.17, 15) is 9.90 Å². The lowest BCUT2D eigenvalue weighted by atomic mass is 10.1. The maximum Gasteiger partial charge on any atom is 0.334 e. The van der Waals surface area contributed by atoms with Crippen LogP contribution in [0.15, 0.2) is 23.2 Å². The number of thioether (sulfide) groups is 1. The Bertz CT molecular complexity index is 725. The van der Waals surface area contributed by atoms with Gasteiger partial charge in [-0.1, -0.05) is 0 Å². The third kappa shape index (κ3) is 7.46. The zero-order valence-corrected chi connectivity index (χ0v) is 18.8. The van der Waals surface area contributed by atoms with E-state index in [1.807, 2.05) is 0 Å². The summed E-state index contributed by atoms with van der Waals surface area (Å²) in [5.74, 6) is 0.691. The zero-order chi connectivity index (χ0) is 22.0. The fourth-order valence-electron chi connectivity index (χ4n) is 2.55. The van der Waals surface area contributed by atoms with Gasteiger partial charge in [0.25, 0.3) is 0 Å². The highest BCUT2D eigenvalue weighted by molar-refractivity contribution is 8.14. The molecule has 0 aromatic heterocycles. The fraction of sp³-hybridized carbons (Fsp3) is 0.619. The quantitative estimate of drug-likeness (QED) is 0.369. The number of phenolic OH excluding ortho intramolecular Hbond substituents is 1. The Balaban J connectivity index is 1.81. The summed E-state index contributed by atoms with van der Waals surface area (Å²) in [6.07, 6.45) is -0.199. The van der Waals surface area contributed by atoms with Gasteiger partial charge >= 0.3 is 5.97 Å². The van der Waals surface area contributed by atoms with Crippen LogP contribution in [0.5, 0.6) is 11.5 Å². The molecule has 8 nitrogen and oxygen atoms in total. The average molecular weight is 442 g/mol. The number of hydrogen-bond acceptors (Lipinski definition) is 9. The Kier molecular flexibility index (Phi) is 9.90. The van der Waals surface area contributed by atoms with E-state index in [2.05, 4.69) is 4.99 Å². The van der Waals surface area contributed by atoms with Crippen LogP contribution in [0.25, 0.3) is 0 Å². The zero-order valence-electron chi connectivity index (χ0n) is 18.0. The number of carbonyl (C=O) groups is 1. The molecule has 0 amide bonds. The summed E-state index contributed by atoms with van der Waals surface area (Å²) in [6, 6.07) is 5.03. The Hall–Kier alpha value is -1.81. The molecule has 0 unspecified atom stereocenters. The van der Waals surface area contributed by atoms with E-state index >= 15 is 0 Å². The second-order valence-corrected chi connectivity index (χ2v) is 8.14. The molecule has 0 bridgehead atoms. The highest BCUT2D eigenvalue weighted by atomic mass is 32.2. The molecule has 1 aromatic rings. The minimum Gasteiger partial charge on any atom is -0.507 e. The van der Waals surface area contributed by atoms with E-state index in [-0.39, 0.29) is 17.8 Å². The number of aromatic hydroxyl groups is 1. The van der Waals surface area contributed by atoms with Gasteiger partial charge in [-0.05, 0) is 32.9 Å². The number of benzene rings is 1. The second kappa shape index (κ2) is 12.1. The van der Waals surface area contributed by atoms with E-state index in [0.717, 1.165) is 0 Å². The third-order valence-electron chi connectivity index (χ3n) is 4.12. The molecule has 1 aliphatic rings. The van der Waals surface area contributed by atoms with Gasteiger partial charge in [-0.3, -0.25) is 4.99 Å². The van der Waals surface area contributed by atoms with E-state index in [4.69, 9.17) is 23.7 Å². The maximum atomic E-state index is 12.3. The normalized spacial score (nSPS) is 18.5. The molecule has 30 heavy (non-hydrogen) atoms. The topological polar surface area (TPSA) is 95.8 Å². The van der Waals surface area contributed by atoms with Gasteiger partial charge in [0.05, 0.1) is 39.1 Å². The molecule has 0 saturated heterocycles. The predicted octanol–water partition coefficient (Wildman–Crippen LogP) is 2.65. The summed E-state index contributed by atoms with van der Waals surface area (Å²) in [5.41, 5.74) is -0.380. The van der Waals surface area contributed by atoms with Crippen LogP contribution in [0, 0.1) is 0 Å². The van der Waals surface area contributed by atoms with Crippen molar-refractivity contribution in [3.05, 3.63) is 23.8 Å². The summed E-state index contributed by atoms with van der Waals surface area (Å²) in [5, 5.41) is 11.0. The smallest absolute Gasteiger partial charge is 0.334 e. The number of phenols is 1. The van der Waals surface area contributed by atoms with E-state index in [1.54, 1.807) is 40.0 Å². The molecule has 1 atom stereocenters. The van der Waals surface area contributed by atoms with Crippen molar-refractivity contribution in [3.8, 4) is 11.5 Å². The van der Waals surface area contributed by atoms with Crippen molar-refractivity contribution >= 4 is 22.8 Å². The average Bonchev–Trinajstić information content (AvgIpc) is 3.09. The molecule has 1 aromatic carbocycles. The van der Waals surface area contributed by atoms with Crippen LogP contribution in [0.4, 0.5) is 0 Å². The summed E-state index contributed by atoms with van der Waals surface area (Å²) >= 11 is 1.42. The van der Waals surface area contributed by atoms with Gasteiger partial charge in [-0.25, -0.2) is 4.79 Å². The first-order chi connectivity index (χ1) is 14.4. The van der Waals surface area contributed by atoms with Gasteiger partial charge in [0.15, 0.2) is 5.54 Å². The molecule has 0 aliphatic carbocycles. The first-order valence-corrected chi connectivity index (χ1v) is 10.9. The third-order valence-corrected chi connectivity index (χ3v) is 5.41. The fourth-order valence-corrected chi connectivity index (χ4v) is 3.74. The van der Waals surface area contributed by atoms with Crippen molar-refractivity contribution in [1.29, 1.82) is 0 Å². The molecule has 0 fully saturated rings. The number of methoxy groups -OCH3 is 1. The predicted molar refractivity (Wildman–Crippen MR) is 116 cm³/mol. The molecular formula is C21H31NO7S. The van der Waals surface area contributed by atoms with Crippen molar-refractivity contribution in [2.45, 2.75) is 32.4 Å². The van der Waals surface area contributed by atoms with Gasteiger partial charge < -0.3 is 28.8 Å². The molecule has 168 valence electrons. The Morgan fingerprint density at radius 3 is 2.47 bits per heavy atom. The summed E-state index contributed by atoms with van der Waals surface area (Å²) < 4.78 is 26.5. The highest BCUT2D eigenvalue weighted by Crippen LogP contribution is 2.36. The van der Waals surface area contributed by atoms with Crippen molar-refractivity contribution in [2.24, 2.45) is 4.99 Å². The van der Waals surface area contributed by atoms with Crippen molar-refractivity contribution < 1.29 is 33.6 Å². The van der Waals surface area contributed by atoms with Gasteiger partial charge in [-0.15, -0.1) is 11.8 Å². The summed E-state index contributed by atoms with van der Waals surface area (Å²) in [6.45, 7) is 8.21. The summed E-state index contributed by atoms with van der Waals surface area (Å²) in [4.78, 5) is 16.8. The van der Waals surface area contributed by atoms with E-state index in [0.29, 0.717) is 61.8 Å². The maximum absolute atomic E-state index is 12.3. The molecular weight excluding hydrogens is 410 g/mol. The van der Waals surface area contributed by atoms with E-state index in [1.165, 1.54) is 17.8 Å². The lowest BCUT2D eigenvalue weighted by Gasteiger charge is -2.19. The lowest BCUT2D eigenvalue weighted by molar-refractivity contribution is -0.152. The molecule has 2 rings (SSSR count). The number of rotatable bonds is 13. The minimum absolute atomic E-state index is 0.0488. The number of aliphatic imine (C=N–C) groups is 1. The first kappa shape index (κ1) is 24.5. The standard InChI is InChI=1S/C21H31NO7S/c1-15(2)29-20(24)21(3)14-30-19(22-21)17-6-5-16(13-18(17)23)28-12-11-27-10-9-26-8-7-25-4/h5-6,13,15,23H,7-12,14H2,1-4H3/t21-/m1/s1. The van der Waals surface area contributed by atoms with Crippen LogP contribution in [0.3, 0.4) is 0 Å². The SMILES string of the molecule is COCCOCCOCCOc1ccc(C2=N[C@@](C)(C(=O)OC(C)C)CS2)c(O)c1. The van der Waals surface area contributed by atoms with Gasteiger partial charge in [0.1, 0.15) is 23.1 Å². The molecule has 1 N–H and O–H groups in total. The molecule has 9 heteroatoms. The molecule has 0 radical (unpaired) electrons. The Morgan fingerprint density at radius 2 is 1.83 bits per heavy atom. The van der Waals surface area contributed by atoms with Gasteiger partial charge in [0, 0.05) is 24.5 Å². The van der Waals surface area contributed by atoms with Crippen LogP contribution >= 0.6 is 11.8 Å². The Morgan fingerprint density at radius 1 is 1.17 bits per heavy atom. The largest absolute Gasteiger partial charge is 0.507 e. The van der Waals surface area contributed by atoms with Gasteiger partial charge in [0.2, 0.25) is 0 Å². The number of carbonyl (C=O) groups excluding carboxylic acids is 1. The van der Waals surface area contributed by atoms with Crippen LogP contribution < -0.4 is 4.74 Å². The first-order valence-electron chi connectivity index (χ1n) is 9.90. The lowest BCUT2D eigenvalue weighted by Crippen LogP contribution is -2.37. The van der Waals surface area contributed by atoms with Crippen molar-refractivity contribution in [1.82, 2.24) is 0 Å². The summed E-state index contributed by atoms with van der Waals surface area (Å²) in [7, 11) is 1.63. The minimum atomic E-state index is -0.948. The monoisotopic (exact) mass is 441 g/mol.